The second-order valence-corrected chi connectivity index (χ2v) is 6.95. The standard InChI is InChI=1S/C22H26N2O3/c1-4-20(27-19-12-7-15(2)16(3)14-19)22(26)23-17-8-10-18(11-9-17)24-13-5-6-21(24)25/h7-12,14,20H,4-6,13H2,1-3H3,(H,23,26). The molecule has 5 nitrogen and oxygen atoms in total. The van der Waals surface area contributed by atoms with Gasteiger partial charge in [0.15, 0.2) is 6.10 Å². The van der Waals surface area contributed by atoms with Crippen LogP contribution in [0.5, 0.6) is 5.75 Å². The third-order valence-corrected chi connectivity index (χ3v) is 4.94. The van der Waals surface area contributed by atoms with Crippen LogP contribution in [0.3, 0.4) is 0 Å². The minimum Gasteiger partial charge on any atom is -0.481 e. The molecule has 0 bridgehead atoms. The van der Waals surface area contributed by atoms with Crippen molar-refractivity contribution in [2.75, 3.05) is 16.8 Å². The minimum atomic E-state index is -0.563. The van der Waals surface area contributed by atoms with Gasteiger partial charge in [-0.15, -0.1) is 0 Å². The van der Waals surface area contributed by atoms with E-state index >= 15 is 0 Å². The Kier molecular flexibility index (Phi) is 5.79. The number of benzene rings is 2. The SMILES string of the molecule is CCC(Oc1ccc(C)c(C)c1)C(=O)Nc1ccc(N2CCCC2=O)cc1. The zero-order valence-electron chi connectivity index (χ0n) is 16.1. The smallest absolute Gasteiger partial charge is 0.265 e. The van der Waals surface area contributed by atoms with E-state index in [0.29, 0.717) is 24.3 Å². The molecule has 1 unspecified atom stereocenters. The molecule has 0 aliphatic carbocycles. The average Bonchev–Trinajstić information content (AvgIpc) is 3.09. The lowest BCUT2D eigenvalue weighted by Crippen LogP contribution is -2.32. The van der Waals surface area contributed by atoms with Crippen molar-refractivity contribution < 1.29 is 14.3 Å². The highest BCUT2D eigenvalue weighted by molar-refractivity contribution is 5.97. The number of hydrogen-bond donors (Lipinski definition) is 1. The van der Waals surface area contributed by atoms with E-state index in [0.717, 1.165) is 24.2 Å². The van der Waals surface area contributed by atoms with Crippen molar-refractivity contribution in [1.29, 1.82) is 0 Å². The number of nitrogens with zero attached hydrogens (tertiary/aromatic N) is 1. The summed E-state index contributed by atoms with van der Waals surface area (Å²) in [5, 5.41) is 2.90. The first kappa shape index (κ1) is 19.0. The number of aryl methyl sites for hydroxylation is 2. The van der Waals surface area contributed by atoms with Crippen molar-refractivity contribution in [1.82, 2.24) is 0 Å². The van der Waals surface area contributed by atoms with Gasteiger partial charge >= 0.3 is 0 Å². The predicted molar refractivity (Wildman–Crippen MR) is 107 cm³/mol. The molecule has 27 heavy (non-hydrogen) atoms. The largest absolute Gasteiger partial charge is 0.481 e. The molecule has 3 rings (SSSR count). The van der Waals surface area contributed by atoms with Crippen molar-refractivity contribution >= 4 is 23.2 Å². The molecule has 1 heterocycles. The highest BCUT2D eigenvalue weighted by atomic mass is 16.5. The number of carbonyl (C=O) groups is 2. The van der Waals surface area contributed by atoms with Crippen molar-refractivity contribution in [2.24, 2.45) is 0 Å². The molecule has 142 valence electrons. The van der Waals surface area contributed by atoms with Gasteiger partial charge in [-0.1, -0.05) is 13.0 Å². The van der Waals surface area contributed by atoms with Crippen molar-refractivity contribution in [3.05, 3.63) is 53.6 Å². The highest BCUT2D eigenvalue weighted by Crippen LogP contribution is 2.24. The first-order valence-electron chi connectivity index (χ1n) is 9.43. The van der Waals surface area contributed by atoms with Gasteiger partial charge in [0.25, 0.3) is 5.91 Å². The van der Waals surface area contributed by atoms with Gasteiger partial charge in [0.1, 0.15) is 5.75 Å². The molecule has 0 saturated carbocycles. The highest BCUT2D eigenvalue weighted by Gasteiger charge is 2.22. The van der Waals surface area contributed by atoms with Crippen LogP contribution in [0, 0.1) is 13.8 Å². The van der Waals surface area contributed by atoms with Crippen LogP contribution >= 0.6 is 0 Å². The molecule has 1 fully saturated rings. The predicted octanol–water partition coefficient (Wildman–Crippen LogP) is 4.23. The number of anilines is 2. The molecule has 2 amide bonds. The van der Waals surface area contributed by atoms with Crippen LogP contribution in [-0.2, 0) is 9.59 Å². The molecule has 0 spiro atoms. The zero-order valence-corrected chi connectivity index (χ0v) is 16.1. The number of amides is 2. The van der Waals surface area contributed by atoms with Gasteiger partial charge in [-0.2, -0.15) is 0 Å². The first-order valence-corrected chi connectivity index (χ1v) is 9.43. The summed E-state index contributed by atoms with van der Waals surface area (Å²) >= 11 is 0. The number of hydrogen-bond acceptors (Lipinski definition) is 3. The van der Waals surface area contributed by atoms with Crippen molar-refractivity contribution in [2.45, 2.75) is 46.1 Å². The maximum atomic E-state index is 12.6. The summed E-state index contributed by atoms with van der Waals surface area (Å²) in [6.45, 7) is 6.75. The number of rotatable bonds is 6. The third-order valence-electron chi connectivity index (χ3n) is 4.94. The van der Waals surface area contributed by atoms with Gasteiger partial charge in [-0.3, -0.25) is 9.59 Å². The lowest BCUT2D eigenvalue weighted by Gasteiger charge is -2.19. The van der Waals surface area contributed by atoms with Crippen molar-refractivity contribution in [3.8, 4) is 5.75 Å². The molecular formula is C22H26N2O3. The molecule has 0 aromatic heterocycles. The summed E-state index contributed by atoms with van der Waals surface area (Å²) in [5.74, 6) is 0.670. The molecule has 1 aliphatic rings. The lowest BCUT2D eigenvalue weighted by molar-refractivity contribution is -0.122. The van der Waals surface area contributed by atoms with E-state index < -0.39 is 6.10 Å². The summed E-state index contributed by atoms with van der Waals surface area (Å²) in [6, 6.07) is 13.2. The van der Waals surface area contributed by atoms with Gasteiger partial charge in [-0.25, -0.2) is 0 Å². The van der Waals surface area contributed by atoms with E-state index in [1.54, 1.807) is 4.90 Å². The van der Waals surface area contributed by atoms with Crippen LogP contribution in [-0.4, -0.2) is 24.5 Å². The van der Waals surface area contributed by atoms with E-state index in [-0.39, 0.29) is 11.8 Å². The Bertz CT molecular complexity index is 830. The third kappa shape index (κ3) is 4.48. The van der Waals surface area contributed by atoms with Gasteiger partial charge < -0.3 is 15.0 Å². The Morgan fingerprint density at radius 3 is 2.48 bits per heavy atom. The van der Waals surface area contributed by atoms with E-state index in [1.165, 1.54) is 5.56 Å². The summed E-state index contributed by atoms with van der Waals surface area (Å²) in [6.07, 6.45) is 1.50. The van der Waals surface area contributed by atoms with Crippen LogP contribution in [0.1, 0.15) is 37.3 Å². The number of carbonyl (C=O) groups excluding carboxylic acids is 2. The van der Waals surface area contributed by atoms with E-state index in [9.17, 15) is 9.59 Å². The lowest BCUT2D eigenvalue weighted by atomic mass is 10.1. The fourth-order valence-corrected chi connectivity index (χ4v) is 3.14. The maximum Gasteiger partial charge on any atom is 0.265 e. The molecule has 1 atom stereocenters. The van der Waals surface area contributed by atoms with Crippen LogP contribution in [0.15, 0.2) is 42.5 Å². The van der Waals surface area contributed by atoms with Crippen LogP contribution in [0.4, 0.5) is 11.4 Å². The Morgan fingerprint density at radius 2 is 1.89 bits per heavy atom. The second-order valence-electron chi connectivity index (χ2n) is 6.95. The van der Waals surface area contributed by atoms with Crippen molar-refractivity contribution in [3.63, 3.8) is 0 Å². The fourth-order valence-electron chi connectivity index (χ4n) is 3.14. The van der Waals surface area contributed by atoms with Crippen LogP contribution < -0.4 is 15.0 Å². The normalized spacial score (nSPS) is 14.9. The molecule has 1 saturated heterocycles. The summed E-state index contributed by atoms with van der Waals surface area (Å²) in [4.78, 5) is 26.2. The summed E-state index contributed by atoms with van der Waals surface area (Å²) in [5.41, 5.74) is 3.89. The van der Waals surface area contributed by atoms with Crippen LogP contribution in [0.25, 0.3) is 0 Å². The summed E-state index contributed by atoms with van der Waals surface area (Å²) in [7, 11) is 0. The molecule has 1 N–H and O–H groups in total. The van der Waals surface area contributed by atoms with Gasteiger partial charge in [-0.05, 0) is 74.2 Å². The van der Waals surface area contributed by atoms with Gasteiger partial charge in [0.05, 0.1) is 0 Å². The molecule has 2 aromatic rings. The molecule has 2 aromatic carbocycles. The Balaban J connectivity index is 1.63. The maximum absolute atomic E-state index is 12.6. The van der Waals surface area contributed by atoms with Gasteiger partial charge in [0.2, 0.25) is 5.91 Å². The number of ether oxygens (including phenoxy) is 1. The summed E-state index contributed by atoms with van der Waals surface area (Å²) < 4.78 is 5.89. The zero-order chi connectivity index (χ0) is 19.4. The Labute approximate surface area is 160 Å². The molecule has 1 aliphatic heterocycles. The fraction of sp³-hybridized carbons (Fsp3) is 0.364. The Morgan fingerprint density at radius 1 is 1.15 bits per heavy atom. The molecular weight excluding hydrogens is 340 g/mol. The van der Waals surface area contributed by atoms with Crippen LogP contribution in [0.2, 0.25) is 0 Å². The Hall–Kier alpha value is -2.82. The van der Waals surface area contributed by atoms with E-state index in [1.807, 2.05) is 63.2 Å². The average molecular weight is 366 g/mol. The topological polar surface area (TPSA) is 58.6 Å². The minimum absolute atomic E-state index is 0.152. The first-order chi connectivity index (χ1) is 13.0. The van der Waals surface area contributed by atoms with Gasteiger partial charge in [0, 0.05) is 24.3 Å². The molecule has 5 heteroatoms. The monoisotopic (exact) mass is 366 g/mol. The quantitative estimate of drug-likeness (QED) is 0.832. The molecule has 0 radical (unpaired) electrons. The van der Waals surface area contributed by atoms with E-state index in [4.69, 9.17) is 4.74 Å². The van der Waals surface area contributed by atoms with E-state index in [2.05, 4.69) is 5.32 Å². The second kappa shape index (κ2) is 8.25. The number of nitrogens with one attached hydrogen (secondary N) is 1.